The monoisotopic (exact) mass is 306 g/mol. The maximum atomic E-state index is 12.6. The van der Waals surface area contributed by atoms with Gasteiger partial charge in [0, 0.05) is 18.9 Å². The SMILES string of the molecule is Cc1cnn(C[C@H]2CCCCN2C(=O)c2cc(Cl)c[nH]2)c1. The van der Waals surface area contributed by atoms with Crippen LogP contribution in [-0.2, 0) is 6.54 Å². The van der Waals surface area contributed by atoms with Crippen molar-refractivity contribution in [2.75, 3.05) is 6.54 Å². The summed E-state index contributed by atoms with van der Waals surface area (Å²) >= 11 is 5.90. The van der Waals surface area contributed by atoms with Crippen molar-refractivity contribution in [1.29, 1.82) is 0 Å². The van der Waals surface area contributed by atoms with Crippen LogP contribution in [0.25, 0.3) is 0 Å². The maximum absolute atomic E-state index is 12.6. The molecule has 3 rings (SSSR count). The number of aryl methyl sites for hydroxylation is 1. The molecule has 0 radical (unpaired) electrons. The Morgan fingerprint density at radius 3 is 3.05 bits per heavy atom. The molecule has 0 aliphatic carbocycles. The van der Waals surface area contributed by atoms with Gasteiger partial charge in [-0.15, -0.1) is 0 Å². The molecule has 1 aliphatic heterocycles. The number of rotatable bonds is 3. The van der Waals surface area contributed by atoms with Crippen molar-refractivity contribution in [2.45, 2.75) is 38.8 Å². The molecule has 2 aromatic heterocycles. The van der Waals surface area contributed by atoms with E-state index >= 15 is 0 Å². The van der Waals surface area contributed by atoms with Gasteiger partial charge in [-0.05, 0) is 37.8 Å². The summed E-state index contributed by atoms with van der Waals surface area (Å²) in [5, 5.41) is 4.89. The molecule has 0 aromatic carbocycles. The smallest absolute Gasteiger partial charge is 0.270 e. The van der Waals surface area contributed by atoms with Gasteiger partial charge in [0.2, 0.25) is 0 Å². The second-order valence-electron chi connectivity index (χ2n) is 5.62. The molecule has 2 aromatic rings. The number of halogens is 1. The number of hydrogen-bond donors (Lipinski definition) is 1. The number of nitrogens with one attached hydrogen (secondary N) is 1. The number of H-pyrrole nitrogens is 1. The van der Waals surface area contributed by atoms with Gasteiger partial charge in [0.15, 0.2) is 0 Å². The van der Waals surface area contributed by atoms with Crippen molar-refractivity contribution in [3.8, 4) is 0 Å². The van der Waals surface area contributed by atoms with Crippen LogP contribution >= 0.6 is 11.6 Å². The summed E-state index contributed by atoms with van der Waals surface area (Å²) in [6, 6.07) is 1.88. The largest absolute Gasteiger partial charge is 0.356 e. The van der Waals surface area contributed by atoms with Crippen LogP contribution in [-0.4, -0.2) is 38.2 Å². The number of hydrogen-bond acceptors (Lipinski definition) is 2. The van der Waals surface area contributed by atoms with E-state index in [9.17, 15) is 4.79 Å². The Hall–Kier alpha value is -1.75. The third-order valence-corrected chi connectivity index (χ3v) is 4.14. The summed E-state index contributed by atoms with van der Waals surface area (Å²) in [4.78, 5) is 17.5. The number of carbonyl (C=O) groups excluding carboxylic acids is 1. The normalized spacial score (nSPS) is 19.0. The Morgan fingerprint density at radius 1 is 1.52 bits per heavy atom. The van der Waals surface area contributed by atoms with E-state index in [1.165, 1.54) is 0 Å². The molecule has 0 saturated carbocycles. The predicted molar refractivity (Wildman–Crippen MR) is 81.4 cm³/mol. The molecule has 112 valence electrons. The predicted octanol–water partition coefficient (Wildman–Crippen LogP) is 2.87. The highest BCUT2D eigenvalue weighted by Gasteiger charge is 2.28. The van der Waals surface area contributed by atoms with Gasteiger partial charge in [-0.1, -0.05) is 11.6 Å². The van der Waals surface area contributed by atoms with Crippen LogP contribution in [0, 0.1) is 6.92 Å². The first-order valence-electron chi connectivity index (χ1n) is 7.27. The average Bonchev–Trinajstić information content (AvgIpc) is 3.08. The van der Waals surface area contributed by atoms with Gasteiger partial charge in [0.05, 0.1) is 23.8 Å². The van der Waals surface area contributed by atoms with E-state index in [2.05, 4.69) is 10.1 Å². The molecule has 1 saturated heterocycles. The minimum Gasteiger partial charge on any atom is -0.356 e. The van der Waals surface area contributed by atoms with Crippen molar-refractivity contribution in [3.63, 3.8) is 0 Å². The average molecular weight is 307 g/mol. The zero-order valence-electron chi connectivity index (χ0n) is 12.1. The van der Waals surface area contributed by atoms with Gasteiger partial charge in [0.1, 0.15) is 5.69 Å². The first-order chi connectivity index (χ1) is 10.1. The lowest BCUT2D eigenvalue weighted by molar-refractivity contribution is 0.0578. The van der Waals surface area contributed by atoms with Gasteiger partial charge in [0.25, 0.3) is 5.91 Å². The molecule has 1 atom stereocenters. The van der Waals surface area contributed by atoms with E-state index in [0.29, 0.717) is 10.7 Å². The second-order valence-corrected chi connectivity index (χ2v) is 6.06. The Morgan fingerprint density at radius 2 is 2.38 bits per heavy atom. The summed E-state index contributed by atoms with van der Waals surface area (Å²) in [6.07, 6.45) is 8.72. The van der Waals surface area contributed by atoms with E-state index in [-0.39, 0.29) is 11.9 Å². The van der Waals surface area contributed by atoms with Crippen LogP contribution in [0.2, 0.25) is 5.02 Å². The number of aromatic amines is 1. The Bertz CT molecular complexity index is 633. The molecule has 1 N–H and O–H groups in total. The Balaban J connectivity index is 1.76. The molecule has 1 fully saturated rings. The number of aromatic nitrogens is 3. The maximum Gasteiger partial charge on any atom is 0.270 e. The van der Waals surface area contributed by atoms with Crippen molar-refractivity contribution in [1.82, 2.24) is 19.7 Å². The number of amides is 1. The highest BCUT2D eigenvalue weighted by Crippen LogP contribution is 2.22. The Kier molecular flexibility index (Phi) is 4.01. The minimum absolute atomic E-state index is 0.0236. The summed E-state index contributed by atoms with van der Waals surface area (Å²) in [5.74, 6) is 0.0236. The summed E-state index contributed by atoms with van der Waals surface area (Å²) in [6.45, 7) is 3.56. The minimum atomic E-state index is 0.0236. The fourth-order valence-electron chi connectivity index (χ4n) is 2.89. The molecular weight excluding hydrogens is 288 g/mol. The van der Waals surface area contributed by atoms with Crippen molar-refractivity contribution >= 4 is 17.5 Å². The molecule has 6 heteroatoms. The molecule has 3 heterocycles. The van der Waals surface area contributed by atoms with Crippen molar-refractivity contribution in [2.24, 2.45) is 0 Å². The number of likely N-dealkylation sites (tertiary alicyclic amines) is 1. The second kappa shape index (κ2) is 5.93. The highest BCUT2D eigenvalue weighted by molar-refractivity contribution is 6.30. The fourth-order valence-corrected chi connectivity index (χ4v) is 3.05. The van der Waals surface area contributed by atoms with Crippen molar-refractivity contribution in [3.05, 3.63) is 40.9 Å². The first kappa shape index (κ1) is 14.2. The van der Waals surface area contributed by atoms with E-state index in [1.807, 2.05) is 28.9 Å². The third-order valence-electron chi connectivity index (χ3n) is 3.93. The van der Waals surface area contributed by atoms with Crippen LogP contribution < -0.4 is 0 Å². The van der Waals surface area contributed by atoms with Gasteiger partial charge < -0.3 is 9.88 Å². The fraction of sp³-hybridized carbons (Fsp3) is 0.467. The van der Waals surface area contributed by atoms with E-state index in [4.69, 9.17) is 11.6 Å². The van der Waals surface area contributed by atoms with E-state index in [1.54, 1.807) is 12.3 Å². The molecule has 1 amide bonds. The van der Waals surface area contributed by atoms with E-state index < -0.39 is 0 Å². The topological polar surface area (TPSA) is 53.9 Å². The van der Waals surface area contributed by atoms with Crippen molar-refractivity contribution < 1.29 is 4.79 Å². The molecule has 0 bridgehead atoms. The van der Waals surface area contributed by atoms with Gasteiger partial charge >= 0.3 is 0 Å². The number of carbonyl (C=O) groups is 1. The lowest BCUT2D eigenvalue weighted by atomic mass is 10.0. The molecule has 5 nitrogen and oxygen atoms in total. The molecule has 21 heavy (non-hydrogen) atoms. The molecule has 0 spiro atoms. The third kappa shape index (κ3) is 3.13. The van der Waals surface area contributed by atoms with Crippen LogP contribution in [0.1, 0.15) is 35.3 Å². The molecule has 1 aliphatic rings. The highest BCUT2D eigenvalue weighted by atomic mass is 35.5. The zero-order chi connectivity index (χ0) is 14.8. The van der Waals surface area contributed by atoms with Crippen LogP contribution in [0.15, 0.2) is 24.7 Å². The quantitative estimate of drug-likeness (QED) is 0.948. The standard InChI is InChI=1S/C15H19ClN4O/c1-11-7-18-19(9-11)10-13-4-2-3-5-20(13)15(21)14-6-12(16)8-17-14/h6-9,13,17H,2-5,10H2,1H3/t13-/m1/s1. The van der Waals surface area contributed by atoms with Crippen LogP contribution in [0.4, 0.5) is 0 Å². The Labute approximate surface area is 128 Å². The number of piperidine rings is 1. The van der Waals surface area contributed by atoms with Gasteiger partial charge in [-0.3, -0.25) is 9.48 Å². The van der Waals surface area contributed by atoms with Crippen LogP contribution in [0.5, 0.6) is 0 Å². The molecular formula is C15H19ClN4O. The first-order valence-corrected chi connectivity index (χ1v) is 7.65. The summed E-state index contributed by atoms with van der Waals surface area (Å²) in [7, 11) is 0. The van der Waals surface area contributed by atoms with Gasteiger partial charge in [-0.25, -0.2) is 0 Å². The lowest BCUT2D eigenvalue weighted by Crippen LogP contribution is -2.46. The number of nitrogens with zero attached hydrogens (tertiary/aromatic N) is 3. The molecule has 0 unspecified atom stereocenters. The summed E-state index contributed by atoms with van der Waals surface area (Å²) < 4.78 is 1.92. The zero-order valence-corrected chi connectivity index (χ0v) is 12.8. The summed E-state index contributed by atoms with van der Waals surface area (Å²) in [5.41, 5.74) is 1.70. The van der Waals surface area contributed by atoms with E-state index in [0.717, 1.165) is 37.9 Å². The van der Waals surface area contributed by atoms with Crippen LogP contribution in [0.3, 0.4) is 0 Å². The lowest BCUT2D eigenvalue weighted by Gasteiger charge is -2.35. The van der Waals surface area contributed by atoms with Gasteiger partial charge in [-0.2, -0.15) is 5.10 Å².